The van der Waals surface area contributed by atoms with Gasteiger partial charge < -0.3 is 14.1 Å². The summed E-state index contributed by atoms with van der Waals surface area (Å²) in [7, 11) is 1.25. The molecule has 8 nitrogen and oxygen atoms in total. The van der Waals surface area contributed by atoms with Gasteiger partial charge in [0.25, 0.3) is 0 Å². The largest absolute Gasteiger partial charge is 0.469 e. The number of Topliss-reactive ketones (excluding diaryl/α,β-unsaturated/α-hetero) is 2. The van der Waals surface area contributed by atoms with Gasteiger partial charge in [0.15, 0.2) is 5.78 Å². The Morgan fingerprint density at radius 3 is 2.11 bits per heavy atom. The van der Waals surface area contributed by atoms with E-state index >= 15 is 0 Å². The molecule has 0 spiro atoms. The Hall–Kier alpha value is -4.33. The Morgan fingerprint density at radius 2 is 1.53 bits per heavy atom. The van der Waals surface area contributed by atoms with E-state index in [0.717, 1.165) is 21.8 Å². The third-order valence-corrected chi connectivity index (χ3v) is 6.12. The molecular formula is C28H26N2O6. The molecule has 0 bridgehead atoms. The van der Waals surface area contributed by atoms with E-state index in [0.29, 0.717) is 17.7 Å². The first kappa shape index (κ1) is 24.8. The SMILES string of the molecule is CCn1c2ccc(C(=O)/C(CCC(=O)OC)=N\OC(C)=O)cc2c2cc(C(=O)C3C=CC=C3)ccc21. The van der Waals surface area contributed by atoms with Crippen LogP contribution < -0.4 is 0 Å². The van der Waals surface area contributed by atoms with Crippen molar-refractivity contribution in [2.75, 3.05) is 7.11 Å². The van der Waals surface area contributed by atoms with Crippen molar-refractivity contribution in [3.8, 4) is 0 Å². The molecule has 0 N–H and O–H groups in total. The molecule has 0 radical (unpaired) electrons. The number of aromatic nitrogens is 1. The number of rotatable bonds is 9. The molecule has 2 aromatic carbocycles. The first-order valence-corrected chi connectivity index (χ1v) is 11.6. The second kappa shape index (κ2) is 10.5. The summed E-state index contributed by atoms with van der Waals surface area (Å²) in [6.07, 6.45) is 7.30. The molecule has 3 aromatic rings. The summed E-state index contributed by atoms with van der Waals surface area (Å²) in [5, 5.41) is 5.36. The number of nitrogens with zero attached hydrogens (tertiary/aromatic N) is 2. The van der Waals surface area contributed by atoms with Crippen LogP contribution in [0.15, 0.2) is 65.9 Å². The lowest BCUT2D eigenvalue weighted by atomic mass is 9.97. The number of esters is 1. The maximum Gasteiger partial charge on any atom is 0.331 e. The molecule has 0 saturated heterocycles. The van der Waals surface area contributed by atoms with Crippen molar-refractivity contribution in [2.24, 2.45) is 11.1 Å². The van der Waals surface area contributed by atoms with Crippen molar-refractivity contribution < 1.29 is 28.8 Å². The summed E-state index contributed by atoms with van der Waals surface area (Å²) in [6.45, 7) is 3.91. The number of carbonyl (C=O) groups excluding carboxylic acids is 4. The van der Waals surface area contributed by atoms with E-state index in [1.165, 1.54) is 14.0 Å². The van der Waals surface area contributed by atoms with Gasteiger partial charge in [-0.15, -0.1) is 0 Å². The van der Waals surface area contributed by atoms with Crippen molar-refractivity contribution in [3.05, 3.63) is 71.8 Å². The minimum Gasteiger partial charge on any atom is -0.469 e. The summed E-state index contributed by atoms with van der Waals surface area (Å²) < 4.78 is 6.77. The van der Waals surface area contributed by atoms with Gasteiger partial charge in [-0.05, 0) is 43.3 Å². The zero-order valence-corrected chi connectivity index (χ0v) is 20.3. The Kier molecular flexibility index (Phi) is 7.24. The van der Waals surface area contributed by atoms with Crippen LogP contribution in [0.3, 0.4) is 0 Å². The number of oxime groups is 1. The van der Waals surface area contributed by atoms with E-state index in [1.807, 2.05) is 55.5 Å². The summed E-state index contributed by atoms with van der Waals surface area (Å²) in [5.41, 5.74) is 2.72. The third kappa shape index (κ3) is 4.88. The smallest absolute Gasteiger partial charge is 0.331 e. The van der Waals surface area contributed by atoms with Crippen LogP contribution in [0.2, 0.25) is 0 Å². The Balaban J connectivity index is 1.78. The molecule has 8 heteroatoms. The number of allylic oxidation sites excluding steroid dienone is 4. The molecule has 1 aromatic heterocycles. The third-order valence-electron chi connectivity index (χ3n) is 6.12. The van der Waals surface area contributed by atoms with Crippen LogP contribution in [0.25, 0.3) is 21.8 Å². The standard InChI is InChI=1S/C28H26N2O6/c1-4-30-24-12-9-19(27(33)18-7-5-6-8-18)15-21(24)22-16-20(10-13-25(22)30)28(34)23(29-36-17(2)31)11-14-26(32)35-3/h5-10,12-13,15-16,18H,4,11,14H2,1-3H3/b29-23-. The van der Waals surface area contributed by atoms with Gasteiger partial charge in [-0.25, -0.2) is 4.79 Å². The maximum absolute atomic E-state index is 13.3. The summed E-state index contributed by atoms with van der Waals surface area (Å²) >= 11 is 0. The number of hydrogen-bond donors (Lipinski definition) is 0. The Bertz CT molecular complexity index is 1460. The number of ketones is 2. The van der Waals surface area contributed by atoms with Gasteiger partial charge in [0.1, 0.15) is 5.71 Å². The van der Waals surface area contributed by atoms with Crippen molar-refractivity contribution in [1.29, 1.82) is 0 Å². The minimum absolute atomic E-state index is 0.00476. The summed E-state index contributed by atoms with van der Waals surface area (Å²) in [5.74, 6) is -1.93. The predicted octanol–water partition coefficient (Wildman–Crippen LogP) is 4.79. The lowest BCUT2D eigenvalue weighted by Gasteiger charge is -2.06. The maximum atomic E-state index is 13.3. The highest BCUT2D eigenvalue weighted by Gasteiger charge is 2.21. The summed E-state index contributed by atoms with van der Waals surface area (Å²) in [6, 6.07) is 10.9. The van der Waals surface area contributed by atoms with Crippen LogP contribution in [0.1, 0.15) is 47.4 Å². The van der Waals surface area contributed by atoms with Gasteiger partial charge in [0.2, 0.25) is 5.78 Å². The Morgan fingerprint density at radius 1 is 0.917 bits per heavy atom. The molecule has 0 aliphatic heterocycles. The number of methoxy groups -OCH3 is 1. The molecule has 36 heavy (non-hydrogen) atoms. The van der Waals surface area contributed by atoms with Gasteiger partial charge in [0.05, 0.1) is 19.4 Å². The zero-order valence-electron chi connectivity index (χ0n) is 20.3. The van der Waals surface area contributed by atoms with E-state index in [-0.39, 0.29) is 30.3 Å². The van der Waals surface area contributed by atoms with Crippen molar-refractivity contribution >= 4 is 51.0 Å². The van der Waals surface area contributed by atoms with E-state index in [2.05, 4.69) is 14.5 Å². The van der Waals surface area contributed by atoms with Crippen LogP contribution in [-0.4, -0.2) is 40.9 Å². The highest BCUT2D eigenvalue weighted by atomic mass is 16.7. The molecule has 0 saturated carbocycles. The molecule has 0 unspecified atom stereocenters. The normalized spacial score (nSPS) is 13.5. The number of aryl methyl sites for hydroxylation is 1. The van der Waals surface area contributed by atoms with Crippen LogP contribution in [0.4, 0.5) is 0 Å². The molecule has 0 fully saturated rings. The number of carbonyl (C=O) groups is 4. The molecule has 0 amide bonds. The van der Waals surface area contributed by atoms with Gasteiger partial charge in [-0.1, -0.05) is 29.5 Å². The molecule has 184 valence electrons. The fraction of sp³-hybridized carbons (Fsp3) is 0.250. The van der Waals surface area contributed by atoms with Gasteiger partial charge in [-0.3, -0.25) is 14.4 Å². The lowest BCUT2D eigenvalue weighted by molar-refractivity contribution is -0.141. The first-order valence-electron chi connectivity index (χ1n) is 11.6. The van der Waals surface area contributed by atoms with E-state index in [1.54, 1.807) is 12.1 Å². The van der Waals surface area contributed by atoms with Crippen molar-refractivity contribution in [3.63, 3.8) is 0 Å². The summed E-state index contributed by atoms with van der Waals surface area (Å²) in [4.78, 5) is 53.9. The quantitative estimate of drug-likeness (QED) is 0.142. The monoisotopic (exact) mass is 486 g/mol. The molecule has 4 rings (SSSR count). The van der Waals surface area contributed by atoms with Crippen LogP contribution in [0, 0.1) is 5.92 Å². The predicted molar refractivity (Wildman–Crippen MR) is 136 cm³/mol. The fourth-order valence-corrected chi connectivity index (χ4v) is 4.35. The molecule has 1 heterocycles. The fourth-order valence-electron chi connectivity index (χ4n) is 4.35. The first-order chi connectivity index (χ1) is 17.3. The van der Waals surface area contributed by atoms with Gasteiger partial charge in [-0.2, -0.15) is 0 Å². The van der Waals surface area contributed by atoms with Crippen molar-refractivity contribution in [1.82, 2.24) is 4.57 Å². The van der Waals surface area contributed by atoms with E-state index in [9.17, 15) is 19.2 Å². The molecule has 0 atom stereocenters. The highest BCUT2D eigenvalue weighted by molar-refractivity contribution is 6.46. The minimum atomic E-state index is -0.677. The number of ether oxygens (including phenoxy) is 1. The van der Waals surface area contributed by atoms with E-state index < -0.39 is 17.7 Å². The second-order valence-electron chi connectivity index (χ2n) is 8.39. The average Bonchev–Trinajstić information content (AvgIpc) is 3.53. The average molecular weight is 487 g/mol. The number of benzene rings is 2. The molecule has 1 aliphatic rings. The second-order valence-corrected chi connectivity index (χ2v) is 8.39. The highest BCUT2D eigenvalue weighted by Crippen LogP contribution is 2.32. The molecule has 1 aliphatic carbocycles. The van der Waals surface area contributed by atoms with Crippen LogP contribution in [-0.2, 0) is 25.7 Å². The number of fused-ring (bicyclic) bond motifs is 3. The van der Waals surface area contributed by atoms with Crippen LogP contribution in [0.5, 0.6) is 0 Å². The Labute approximate surface area is 207 Å². The van der Waals surface area contributed by atoms with Crippen molar-refractivity contribution in [2.45, 2.75) is 33.2 Å². The van der Waals surface area contributed by atoms with Gasteiger partial charge >= 0.3 is 11.9 Å². The lowest BCUT2D eigenvalue weighted by Crippen LogP contribution is -2.17. The molecular weight excluding hydrogens is 460 g/mol. The zero-order chi connectivity index (χ0) is 25.8. The van der Waals surface area contributed by atoms with Crippen LogP contribution >= 0.6 is 0 Å². The van der Waals surface area contributed by atoms with Gasteiger partial charge in [0, 0.05) is 52.8 Å². The topological polar surface area (TPSA) is 104 Å². The number of hydrogen-bond acceptors (Lipinski definition) is 7. The van der Waals surface area contributed by atoms with E-state index in [4.69, 9.17) is 4.84 Å².